The van der Waals surface area contributed by atoms with E-state index in [1.165, 1.54) is 15.6 Å². The number of hydrogen-bond donors (Lipinski definition) is 1. The van der Waals surface area contributed by atoms with Gasteiger partial charge in [0.1, 0.15) is 5.75 Å². The number of halogens is 1. The van der Waals surface area contributed by atoms with Crippen molar-refractivity contribution in [1.29, 1.82) is 0 Å². The topological polar surface area (TPSA) is 93.4 Å². The average Bonchev–Trinajstić information content (AvgIpc) is 3.22. The Morgan fingerprint density at radius 2 is 1.76 bits per heavy atom. The van der Waals surface area contributed by atoms with Gasteiger partial charge in [-0.25, -0.2) is 13.4 Å². The molecule has 0 bridgehead atoms. The lowest BCUT2D eigenvalue weighted by Crippen LogP contribution is -2.40. The summed E-state index contributed by atoms with van der Waals surface area (Å²) in [6.07, 6.45) is 0. The van der Waals surface area contributed by atoms with Gasteiger partial charge in [0, 0.05) is 25.0 Å². The fourth-order valence-electron chi connectivity index (χ4n) is 3.47. The van der Waals surface area contributed by atoms with Crippen molar-refractivity contribution < 1.29 is 23.0 Å². The van der Waals surface area contributed by atoms with Crippen LogP contribution in [0.15, 0.2) is 63.8 Å². The maximum absolute atomic E-state index is 12.9. The lowest BCUT2D eigenvalue weighted by molar-refractivity contribution is 0.0730. The Labute approximate surface area is 207 Å². The molecular formula is C22H26BrN3O5S2. The normalized spacial score (nSPS) is 15.3. The molecule has 0 spiro atoms. The fraction of sp³-hybridized carbons (Fsp3) is 0.318. The third-order valence-corrected chi connectivity index (χ3v) is 7.95. The predicted octanol–water partition coefficient (Wildman–Crippen LogP) is 3.05. The van der Waals surface area contributed by atoms with Crippen LogP contribution in [0.1, 0.15) is 0 Å². The Morgan fingerprint density at radius 3 is 2.36 bits per heavy atom. The molecular weight excluding hydrogens is 530 g/mol. The molecule has 1 aliphatic rings. The highest BCUT2D eigenvalue weighted by Gasteiger charge is 2.26. The first-order valence-corrected chi connectivity index (χ1v) is 12.5. The summed E-state index contributed by atoms with van der Waals surface area (Å²) in [6.45, 7) is 1.88. The molecule has 11 heteroatoms. The van der Waals surface area contributed by atoms with Crippen molar-refractivity contribution in [3.63, 3.8) is 0 Å². The van der Waals surface area contributed by atoms with Crippen molar-refractivity contribution in [2.45, 2.75) is 11.4 Å². The van der Waals surface area contributed by atoms with Crippen LogP contribution in [0.3, 0.4) is 0 Å². The van der Waals surface area contributed by atoms with Crippen LogP contribution in [-0.2, 0) is 21.3 Å². The summed E-state index contributed by atoms with van der Waals surface area (Å²) in [5.74, 6) is 0.756. The zero-order valence-electron chi connectivity index (χ0n) is 18.1. The summed E-state index contributed by atoms with van der Waals surface area (Å²) in [5.41, 5.74) is 2.50. The van der Waals surface area contributed by atoms with Gasteiger partial charge in [-0.05, 0) is 42.0 Å². The number of aliphatic hydroxyl groups is 1. The lowest BCUT2D eigenvalue weighted by atomic mass is 10.2. The number of thiazole rings is 1. The Kier molecular flexibility index (Phi) is 8.85. The number of ether oxygens (including phenoxy) is 2. The number of aliphatic hydroxyl groups excluding tert-OH is 1. The van der Waals surface area contributed by atoms with E-state index in [0.29, 0.717) is 32.8 Å². The highest BCUT2D eigenvalue weighted by atomic mass is 79.9. The summed E-state index contributed by atoms with van der Waals surface area (Å²) in [7, 11) is -1.93. The molecule has 178 valence electrons. The van der Waals surface area contributed by atoms with Gasteiger partial charge in [-0.3, -0.25) is 0 Å². The number of nitrogens with zero attached hydrogens (tertiary/aromatic N) is 3. The van der Waals surface area contributed by atoms with Gasteiger partial charge < -0.3 is 19.1 Å². The van der Waals surface area contributed by atoms with Gasteiger partial charge in [0.25, 0.3) is 0 Å². The van der Waals surface area contributed by atoms with E-state index in [1.54, 1.807) is 31.4 Å². The molecule has 1 saturated heterocycles. The largest absolute Gasteiger partial charge is 0.497 e. The van der Waals surface area contributed by atoms with Gasteiger partial charge in [-0.1, -0.05) is 12.1 Å². The predicted molar refractivity (Wildman–Crippen MR) is 133 cm³/mol. The van der Waals surface area contributed by atoms with Gasteiger partial charge in [0.05, 0.1) is 43.2 Å². The van der Waals surface area contributed by atoms with E-state index in [-0.39, 0.29) is 28.5 Å². The minimum atomic E-state index is -3.54. The van der Waals surface area contributed by atoms with Gasteiger partial charge in [0.2, 0.25) is 10.0 Å². The van der Waals surface area contributed by atoms with Gasteiger partial charge in [-0.15, -0.1) is 28.3 Å². The molecule has 1 fully saturated rings. The van der Waals surface area contributed by atoms with E-state index in [9.17, 15) is 13.5 Å². The molecule has 0 amide bonds. The van der Waals surface area contributed by atoms with Crippen LogP contribution < -0.4 is 9.54 Å². The SMILES string of the molecule is Br.COc1ccc(N=c2scc(-c3ccc(S(=O)(=O)N4CCOCC4)cc3)n2CCO)cc1. The molecule has 1 N–H and O–H groups in total. The quantitative estimate of drug-likeness (QED) is 0.483. The molecule has 2 heterocycles. The summed E-state index contributed by atoms with van der Waals surface area (Å²) in [6, 6.07) is 14.3. The summed E-state index contributed by atoms with van der Waals surface area (Å²) in [5, 5.41) is 11.6. The fourth-order valence-corrected chi connectivity index (χ4v) is 5.83. The van der Waals surface area contributed by atoms with Crippen LogP contribution in [0.4, 0.5) is 5.69 Å². The van der Waals surface area contributed by atoms with Crippen LogP contribution in [0, 0.1) is 0 Å². The smallest absolute Gasteiger partial charge is 0.243 e. The molecule has 1 aromatic heterocycles. The molecule has 1 aliphatic heterocycles. The van der Waals surface area contributed by atoms with Crippen molar-refractivity contribution in [3.05, 3.63) is 58.7 Å². The average molecular weight is 557 g/mol. The summed E-state index contributed by atoms with van der Waals surface area (Å²) in [4.78, 5) is 5.70. The Hall–Kier alpha value is -2.02. The zero-order chi connectivity index (χ0) is 22.6. The number of hydrogen-bond acceptors (Lipinski definition) is 7. The molecule has 33 heavy (non-hydrogen) atoms. The highest BCUT2D eigenvalue weighted by molar-refractivity contribution is 8.93. The standard InChI is InChI=1S/C22H25N3O5S2.BrH/c1-29-19-6-4-18(5-7-19)23-22-25(10-13-26)21(16-31-22)17-2-8-20(9-3-17)32(27,28)24-11-14-30-15-12-24;/h2-9,16,26H,10-15H2,1H3;1H. The van der Waals surface area contributed by atoms with E-state index in [1.807, 2.05) is 34.2 Å². The van der Waals surface area contributed by atoms with E-state index < -0.39 is 10.0 Å². The maximum Gasteiger partial charge on any atom is 0.243 e. The molecule has 4 rings (SSSR count). The number of aromatic nitrogens is 1. The molecule has 0 saturated carbocycles. The van der Waals surface area contributed by atoms with Crippen molar-refractivity contribution in [1.82, 2.24) is 8.87 Å². The minimum absolute atomic E-state index is 0. The molecule has 0 aliphatic carbocycles. The number of methoxy groups -OCH3 is 1. The minimum Gasteiger partial charge on any atom is -0.497 e. The zero-order valence-corrected chi connectivity index (χ0v) is 21.4. The number of rotatable bonds is 7. The first kappa shape index (κ1) is 25.6. The molecule has 2 aromatic carbocycles. The van der Waals surface area contributed by atoms with Gasteiger partial charge in [0.15, 0.2) is 4.80 Å². The number of benzene rings is 2. The molecule has 0 radical (unpaired) electrons. The highest BCUT2D eigenvalue weighted by Crippen LogP contribution is 2.25. The van der Waals surface area contributed by atoms with E-state index in [2.05, 4.69) is 0 Å². The summed E-state index contributed by atoms with van der Waals surface area (Å²) >= 11 is 1.46. The van der Waals surface area contributed by atoms with Crippen LogP contribution in [0.2, 0.25) is 0 Å². The van der Waals surface area contributed by atoms with Crippen molar-refractivity contribution in [3.8, 4) is 17.0 Å². The maximum atomic E-state index is 12.9. The van der Waals surface area contributed by atoms with Gasteiger partial charge >= 0.3 is 0 Å². The lowest BCUT2D eigenvalue weighted by Gasteiger charge is -2.26. The molecule has 0 unspecified atom stereocenters. The van der Waals surface area contributed by atoms with Gasteiger partial charge in [-0.2, -0.15) is 4.31 Å². The van der Waals surface area contributed by atoms with Crippen LogP contribution in [0.5, 0.6) is 5.75 Å². The van der Waals surface area contributed by atoms with Crippen molar-refractivity contribution in [2.75, 3.05) is 40.0 Å². The van der Waals surface area contributed by atoms with Crippen LogP contribution in [0.25, 0.3) is 11.3 Å². The van der Waals surface area contributed by atoms with Crippen molar-refractivity contribution in [2.24, 2.45) is 4.99 Å². The van der Waals surface area contributed by atoms with Crippen LogP contribution in [-0.4, -0.2) is 62.4 Å². The number of sulfonamides is 1. The second kappa shape index (κ2) is 11.4. The summed E-state index contributed by atoms with van der Waals surface area (Å²) < 4.78 is 39.6. The molecule has 3 aromatic rings. The molecule has 0 atom stereocenters. The Morgan fingerprint density at radius 1 is 1.09 bits per heavy atom. The van der Waals surface area contributed by atoms with Crippen LogP contribution >= 0.6 is 28.3 Å². The Bertz CT molecular complexity index is 1220. The second-order valence-corrected chi connectivity index (χ2v) is 9.90. The third kappa shape index (κ3) is 5.73. The van der Waals surface area contributed by atoms with E-state index in [0.717, 1.165) is 27.5 Å². The molecule has 8 nitrogen and oxygen atoms in total. The Balaban J connectivity index is 0.00000306. The number of morpholine rings is 1. The second-order valence-electron chi connectivity index (χ2n) is 7.13. The monoisotopic (exact) mass is 555 g/mol. The first-order chi connectivity index (χ1) is 15.5. The third-order valence-electron chi connectivity index (χ3n) is 5.18. The first-order valence-electron chi connectivity index (χ1n) is 10.2. The van der Waals surface area contributed by atoms with E-state index >= 15 is 0 Å². The van der Waals surface area contributed by atoms with Crippen molar-refractivity contribution >= 4 is 44.0 Å². The van der Waals surface area contributed by atoms with E-state index in [4.69, 9.17) is 14.5 Å².